The van der Waals surface area contributed by atoms with Crippen LogP contribution in [-0.4, -0.2) is 43.0 Å². The van der Waals surface area contributed by atoms with Crippen LogP contribution in [0.3, 0.4) is 0 Å². The van der Waals surface area contributed by atoms with E-state index in [1.165, 1.54) is 10.9 Å². The Labute approximate surface area is 211 Å². The quantitative estimate of drug-likeness (QED) is 0.322. The minimum Gasteiger partial charge on any atom is -0.457 e. The third-order valence-corrected chi connectivity index (χ3v) is 6.64. The molecule has 184 valence electrons. The molecule has 0 atom stereocenters. The molecule has 2 aromatic carbocycles. The molecular formula is C27H23N7O3. The average Bonchev–Trinajstić information content (AvgIpc) is 3.66. The van der Waals surface area contributed by atoms with Crippen LogP contribution in [0.2, 0.25) is 0 Å². The fraction of sp³-hybridized carbons (Fsp3) is 0.222. The van der Waals surface area contributed by atoms with Gasteiger partial charge < -0.3 is 15.4 Å². The molecule has 6 rings (SSSR count). The highest BCUT2D eigenvalue weighted by Crippen LogP contribution is 2.33. The molecule has 4 aromatic rings. The van der Waals surface area contributed by atoms with Crippen molar-refractivity contribution < 1.29 is 9.53 Å². The number of allylic oxidation sites excluding steroid dienone is 1. The number of carbonyl (C=O) groups is 1. The normalized spacial score (nSPS) is 15.9. The van der Waals surface area contributed by atoms with Crippen molar-refractivity contribution >= 4 is 22.9 Å². The largest absolute Gasteiger partial charge is 0.457 e. The molecule has 1 aliphatic heterocycles. The topological polar surface area (TPSA) is 132 Å². The Hall–Kier alpha value is -4.91. The lowest BCUT2D eigenvalue weighted by Crippen LogP contribution is -2.53. The van der Waals surface area contributed by atoms with Gasteiger partial charge >= 0.3 is 5.69 Å². The van der Waals surface area contributed by atoms with Crippen LogP contribution in [0.15, 0.2) is 77.4 Å². The number of fused-ring (bicyclic) bond motifs is 1. The molecule has 1 amide bonds. The number of carbonyl (C=O) groups excluding carboxylic acids is 1. The number of imidazole rings is 1. The number of hydrogen-bond acceptors (Lipinski definition) is 7. The number of benzene rings is 2. The number of nitriles is 1. The van der Waals surface area contributed by atoms with Gasteiger partial charge in [0.15, 0.2) is 11.5 Å². The van der Waals surface area contributed by atoms with Gasteiger partial charge in [0, 0.05) is 13.1 Å². The van der Waals surface area contributed by atoms with Gasteiger partial charge in [-0.15, -0.1) is 0 Å². The number of hydrogen-bond donors (Lipinski definition) is 1. The highest BCUT2D eigenvalue weighted by atomic mass is 16.5. The zero-order valence-corrected chi connectivity index (χ0v) is 19.8. The van der Waals surface area contributed by atoms with Crippen LogP contribution in [0.25, 0.3) is 16.9 Å². The van der Waals surface area contributed by atoms with E-state index in [1.54, 1.807) is 39.8 Å². The predicted octanol–water partition coefficient (Wildman–Crippen LogP) is 3.20. The van der Waals surface area contributed by atoms with E-state index in [0.717, 1.165) is 12.8 Å². The third-order valence-electron chi connectivity index (χ3n) is 6.64. The molecular weight excluding hydrogens is 470 g/mol. The van der Waals surface area contributed by atoms with E-state index in [4.69, 9.17) is 10.5 Å². The summed E-state index contributed by atoms with van der Waals surface area (Å²) < 4.78 is 8.90. The first-order chi connectivity index (χ1) is 18.0. The summed E-state index contributed by atoms with van der Waals surface area (Å²) in [6.45, 7) is 0.602. The summed E-state index contributed by atoms with van der Waals surface area (Å²) in [5, 5.41) is 9.41. The van der Waals surface area contributed by atoms with Crippen molar-refractivity contribution in [3.8, 4) is 23.3 Å². The maximum absolute atomic E-state index is 13.7. The van der Waals surface area contributed by atoms with Crippen molar-refractivity contribution in [3.05, 3.63) is 83.1 Å². The SMILES string of the molecule is N#C/C(=C\C1CC1)C(=O)N1CC(n2c(=O)n(-c3ccc(Oc4ccccc4)cc3)c3c(N)ncnc32)C1. The van der Waals surface area contributed by atoms with Crippen molar-refractivity contribution in [1.82, 2.24) is 24.0 Å². The van der Waals surface area contributed by atoms with Crippen molar-refractivity contribution in [3.63, 3.8) is 0 Å². The van der Waals surface area contributed by atoms with Crippen LogP contribution in [0.5, 0.6) is 11.5 Å². The second-order valence-corrected chi connectivity index (χ2v) is 9.22. The number of nitrogen functional groups attached to an aromatic ring is 1. The molecule has 3 heterocycles. The maximum Gasteiger partial charge on any atom is 0.335 e. The summed E-state index contributed by atoms with van der Waals surface area (Å²) in [4.78, 5) is 36.5. The first-order valence-electron chi connectivity index (χ1n) is 12.0. The van der Waals surface area contributed by atoms with Crippen molar-refractivity contribution in [2.45, 2.75) is 18.9 Å². The predicted molar refractivity (Wildman–Crippen MR) is 136 cm³/mol. The molecule has 0 unspecified atom stereocenters. The first-order valence-corrected chi connectivity index (χ1v) is 12.0. The van der Waals surface area contributed by atoms with E-state index in [9.17, 15) is 14.9 Å². The molecule has 10 heteroatoms. The Balaban J connectivity index is 1.30. The van der Waals surface area contributed by atoms with Crippen LogP contribution < -0.4 is 16.2 Å². The van der Waals surface area contributed by atoms with E-state index in [1.807, 2.05) is 36.4 Å². The van der Waals surface area contributed by atoms with E-state index in [-0.39, 0.29) is 29.0 Å². The number of rotatable bonds is 6. The second-order valence-electron chi connectivity index (χ2n) is 9.22. The lowest BCUT2D eigenvalue weighted by atomic mass is 10.1. The zero-order valence-electron chi connectivity index (χ0n) is 19.8. The van der Waals surface area contributed by atoms with Gasteiger partial charge in [0.05, 0.1) is 11.7 Å². The Kier molecular flexibility index (Phi) is 5.45. The van der Waals surface area contributed by atoms with Gasteiger partial charge in [0.25, 0.3) is 5.91 Å². The summed E-state index contributed by atoms with van der Waals surface area (Å²) in [5.74, 6) is 1.52. The van der Waals surface area contributed by atoms with Crippen LogP contribution in [-0.2, 0) is 4.79 Å². The molecule has 0 spiro atoms. The molecule has 1 saturated heterocycles. The minimum absolute atomic E-state index is 0.167. The summed E-state index contributed by atoms with van der Waals surface area (Å²) >= 11 is 0. The Morgan fingerprint density at radius 3 is 2.43 bits per heavy atom. The van der Waals surface area contributed by atoms with Gasteiger partial charge in [-0.1, -0.05) is 24.3 Å². The number of nitrogens with two attached hydrogens (primary N) is 1. The maximum atomic E-state index is 13.7. The fourth-order valence-corrected chi connectivity index (χ4v) is 4.53. The fourth-order valence-electron chi connectivity index (χ4n) is 4.53. The van der Waals surface area contributed by atoms with Gasteiger partial charge in [-0.25, -0.2) is 14.8 Å². The molecule has 2 N–H and O–H groups in total. The molecule has 0 bridgehead atoms. The van der Waals surface area contributed by atoms with Crippen molar-refractivity contribution in [1.29, 1.82) is 5.26 Å². The zero-order chi connectivity index (χ0) is 25.5. The smallest absolute Gasteiger partial charge is 0.335 e. The molecule has 2 aliphatic rings. The lowest BCUT2D eigenvalue weighted by Gasteiger charge is -2.39. The monoisotopic (exact) mass is 493 g/mol. The van der Waals surface area contributed by atoms with Crippen molar-refractivity contribution in [2.75, 3.05) is 18.8 Å². The highest BCUT2D eigenvalue weighted by Gasteiger charge is 2.37. The molecule has 37 heavy (non-hydrogen) atoms. The van der Waals surface area contributed by atoms with Gasteiger partial charge in [-0.05, 0) is 55.2 Å². The van der Waals surface area contributed by atoms with Crippen LogP contribution in [0.4, 0.5) is 5.82 Å². The molecule has 1 aliphatic carbocycles. The Morgan fingerprint density at radius 2 is 1.76 bits per heavy atom. The van der Waals surface area contributed by atoms with Gasteiger partial charge in [-0.2, -0.15) is 5.26 Å². The van der Waals surface area contributed by atoms with Gasteiger partial charge in [0.1, 0.15) is 35.0 Å². The molecule has 1 saturated carbocycles. The van der Waals surface area contributed by atoms with E-state index in [0.29, 0.717) is 47.4 Å². The number of para-hydroxylation sites is 1. The molecule has 0 radical (unpaired) electrons. The Bertz CT molecular complexity index is 1620. The number of ether oxygens (including phenoxy) is 1. The van der Waals surface area contributed by atoms with E-state index in [2.05, 4.69) is 9.97 Å². The van der Waals surface area contributed by atoms with Crippen molar-refractivity contribution in [2.24, 2.45) is 5.92 Å². The van der Waals surface area contributed by atoms with Gasteiger partial charge in [0.2, 0.25) is 0 Å². The highest BCUT2D eigenvalue weighted by molar-refractivity contribution is 5.98. The summed E-state index contributed by atoms with van der Waals surface area (Å²) in [7, 11) is 0. The number of amides is 1. The van der Waals surface area contributed by atoms with Crippen LogP contribution in [0, 0.1) is 17.2 Å². The number of anilines is 1. The third kappa shape index (κ3) is 4.10. The second kappa shape index (κ2) is 8.95. The minimum atomic E-state index is -0.329. The molecule has 2 aromatic heterocycles. The lowest BCUT2D eigenvalue weighted by molar-refractivity contribution is -0.132. The number of likely N-dealkylation sites (tertiary alicyclic amines) is 1. The van der Waals surface area contributed by atoms with E-state index < -0.39 is 0 Å². The van der Waals surface area contributed by atoms with Crippen LogP contribution in [0.1, 0.15) is 18.9 Å². The molecule has 10 nitrogen and oxygen atoms in total. The van der Waals surface area contributed by atoms with Crippen LogP contribution >= 0.6 is 0 Å². The van der Waals surface area contributed by atoms with Gasteiger partial charge in [-0.3, -0.25) is 13.9 Å². The average molecular weight is 494 g/mol. The number of nitrogens with zero attached hydrogens (tertiary/aromatic N) is 6. The van der Waals surface area contributed by atoms with E-state index >= 15 is 0 Å². The summed E-state index contributed by atoms with van der Waals surface area (Å²) in [6.07, 6.45) is 5.10. The standard InChI is InChI=1S/C27H23N7O3/c28-13-18(12-17-6-7-17)26(35)32-14-20(15-32)34-25-23(24(29)30-16-31-25)33(27(34)36)19-8-10-22(11-9-19)37-21-4-2-1-3-5-21/h1-5,8-12,16-17,20H,6-7,14-15H2,(H2,29,30,31)/b18-12+. The molecule has 2 fully saturated rings. The summed E-state index contributed by atoms with van der Waals surface area (Å²) in [5.41, 5.74) is 7.42. The first kappa shape index (κ1) is 22.5. The Morgan fingerprint density at radius 1 is 1.05 bits per heavy atom. The number of aromatic nitrogens is 4. The summed E-state index contributed by atoms with van der Waals surface area (Å²) in [6, 6.07) is 18.2.